The lowest BCUT2D eigenvalue weighted by Crippen LogP contribution is -2.14. The number of rotatable bonds is 5. The van der Waals surface area contributed by atoms with E-state index >= 15 is 0 Å². The van der Waals surface area contributed by atoms with Gasteiger partial charge in [-0.05, 0) is 24.6 Å². The summed E-state index contributed by atoms with van der Waals surface area (Å²) in [5.41, 5.74) is 1.55. The lowest BCUT2D eigenvalue weighted by molar-refractivity contribution is 0.155. The Balaban J connectivity index is 1.91. The van der Waals surface area contributed by atoms with Gasteiger partial charge in [0.05, 0.1) is 12.3 Å². The molecule has 0 aromatic heterocycles. The number of carbonyl (C=O) groups is 1. The molecule has 0 aliphatic heterocycles. The van der Waals surface area contributed by atoms with Crippen molar-refractivity contribution in [1.29, 1.82) is 0 Å². The van der Waals surface area contributed by atoms with Crippen LogP contribution in [0, 0.1) is 0 Å². The highest BCUT2D eigenvalue weighted by molar-refractivity contribution is 5.86. The fourth-order valence-electron chi connectivity index (χ4n) is 1.72. The molecule has 0 heterocycles. The van der Waals surface area contributed by atoms with Crippen molar-refractivity contribution in [2.45, 2.75) is 13.5 Å². The van der Waals surface area contributed by atoms with Crippen LogP contribution in [0.5, 0.6) is 5.75 Å². The average molecular weight is 271 g/mol. The van der Waals surface area contributed by atoms with Gasteiger partial charge in [-0.3, -0.25) is 5.32 Å². The summed E-state index contributed by atoms with van der Waals surface area (Å²) in [7, 11) is 0. The van der Waals surface area contributed by atoms with E-state index in [0.717, 1.165) is 5.56 Å². The van der Waals surface area contributed by atoms with Gasteiger partial charge in [-0.2, -0.15) is 0 Å². The Morgan fingerprint density at radius 3 is 2.50 bits per heavy atom. The van der Waals surface area contributed by atoms with E-state index in [4.69, 9.17) is 9.47 Å². The molecule has 20 heavy (non-hydrogen) atoms. The van der Waals surface area contributed by atoms with Crippen molar-refractivity contribution in [2.75, 3.05) is 11.9 Å². The van der Waals surface area contributed by atoms with E-state index in [1.54, 1.807) is 12.1 Å². The molecule has 4 nitrogen and oxygen atoms in total. The Morgan fingerprint density at radius 2 is 1.75 bits per heavy atom. The first-order valence-electron chi connectivity index (χ1n) is 6.49. The summed E-state index contributed by atoms with van der Waals surface area (Å²) in [6.07, 6.45) is -0.499. The molecule has 0 fully saturated rings. The number of para-hydroxylation sites is 2. The maximum Gasteiger partial charge on any atom is 0.412 e. The molecule has 4 heteroatoms. The summed E-state index contributed by atoms with van der Waals surface area (Å²) < 4.78 is 10.6. The number of hydrogen-bond donors (Lipinski definition) is 1. The number of carbonyl (C=O) groups excluding carboxylic acids is 1. The molecule has 0 radical (unpaired) electrons. The molecule has 104 valence electrons. The third-order valence-electron chi connectivity index (χ3n) is 2.64. The molecule has 0 aliphatic rings. The van der Waals surface area contributed by atoms with Crippen molar-refractivity contribution in [2.24, 2.45) is 0 Å². The molecule has 0 spiro atoms. The Hall–Kier alpha value is -2.49. The Bertz CT molecular complexity index is 555. The molecular formula is C16H17NO3. The van der Waals surface area contributed by atoms with Crippen LogP contribution < -0.4 is 10.1 Å². The molecule has 0 aliphatic carbocycles. The highest BCUT2D eigenvalue weighted by Crippen LogP contribution is 2.23. The predicted octanol–water partition coefficient (Wildman–Crippen LogP) is 3.83. The third-order valence-corrected chi connectivity index (χ3v) is 2.64. The van der Waals surface area contributed by atoms with Gasteiger partial charge < -0.3 is 9.47 Å². The number of benzene rings is 2. The minimum Gasteiger partial charge on any atom is -0.492 e. The summed E-state index contributed by atoms with van der Waals surface area (Å²) in [5.74, 6) is 0.631. The van der Waals surface area contributed by atoms with Crippen molar-refractivity contribution < 1.29 is 14.3 Å². The molecule has 0 saturated carbocycles. The molecule has 2 aromatic rings. The second kappa shape index (κ2) is 7.19. The van der Waals surface area contributed by atoms with Gasteiger partial charge in [0, 0.05) is 0 Å². The van der Waals surface area contributed by atoms with Crippen LogP contribution in [0.1, 0.15) is 12.5 Å². The maximum atomic E-state index is 11.8. The second-order valence-electron chi connectivity index (χ2n) is 4.12. The summed E-state index contributed by atoms with van der Waals surface area (Å²) >= 11 is 0. The minimum absolute atomic E-state index is 0.240. The minimum atomic E-state index is -0.499. The first-order valence-corrected chi connectivity index (χ1v) is 6.49. The van der Waals surface area contributed by atoms with Crippen molar-refractivity contribution in [3.05, 3.63) is 60.2 Å². The van der Waals surface area contributed by atoms with Crippen molar-refractivity contribution in [3.8, 4) is 5.75 Å². The van der Waals surface area contributed by atoms with E-state index in [0.29, 0.717) is 18.0 Å². The summed E-state index contributed by atoms with van der Waals surface area (Å²) in [4.78, 5) is 11.8. The summed E-state index contributed by atoms with van der Waals surface area (Å²) in [5, 5.41) is 2.68. The molecular weight excluding hydrogens is 254 g/mol. The number of amides is 1. The normalized spacial score (nSPS) is 9.85. The fourth-order valence-corrected chi connectivity index (χ4v) is 1.72. The largest absolute Gasteiger partial charge is 0.492 e. The van der Waals surface area contributed by atoms with E-state index < -0.39 is 6.09 Å². The van der Waals surface area contributed by atoms with E-state index in [-0.39, 0.29) is 6.61 Å². The van der Waals surface area contributed by atoms with Gasteiger partial charge in [-0.15, -0.1) is 0 Å². The van der Waals surface area contributed by atoms with Gasteiger partial charge in [-0.25, -0.2) is 4.79 Å². The van der Waals surface area contributed by atoms with E-state index in [9.17, 15) is 4.79 Å². The Labute approximate surface area is 118 Å². The highest BCUT2D eigenvalue weighted by Gasteiger charge is 2.08. The van der Waals surface area contributed by atoms with Crippen LogP contribution in [0.25, 0.3) is 0 Å². The van der Waals surface area contributed by atoms with Gasteiger partial charge in [0.15, 0.2) is 0 Å². The fraction of sp³-hybridized carbons (Fsp3) is 0.188. The lowest BCUT2D eigenvalue weighted by atomic mass is 10.2. The number of anilines is 1. The molecule has 2 rings (SSSR count). The quantitative estimate of drug-likeness (QED) is 0.899. The number of hydrogen-bond acceptors (Lipinski definition) is 3. The van der Waals surface area contributed by atoms with Crippen LogP contribution in [0.2, 0.25) is 0 Å². The third kappa shape index (κ3) is 4.02. The highest BCUT2D eigenvalue weighted by atomic mass is 16.5. The summed E-state index contributed by atoms with van der Waals surface area (Å²) in [6.45, 7) is 2.67. The van der Waals surface area contributed by atoms with Gasteiger partial charge in [0.2, 0.25) is 0 Å². The van der Waals surface area contributed by atoms with Gasteiger partial charge in [0.25, 0.3) is 0 Å². The van der Waals surface area contributed by atoms with Crippen LogP contribution in [0.4, 0.5) is 10.5 Å². The Kier molecular flexibility index (Phi) is 5.00. The standard InChI is InChI=1S/C16H17NO3/c1-2-19-15-11-7-6-10-14(15)17-16(18)20-12-13-8-4-3-5-9-13/h3-11H,2,12H2,1H3,(H,17,18). The van der Waals surface area contributed by atoms with Gasteiger partial charge in [0.1, 0.15) is 12.4 Å². The first kappa shape index (κ1) is 13.9. The maximum absolute atomic E-state index is 11.8. The van der Waals surface area contributed by atoms with E-state index in [2.05, 4.69) is 5.32 Å². The van der Waals surface area contributed by atoms with Crippen molar-refractivity contribution in [3.63, 3.8) is 0 Å². The number of ether oxygens (including phenoxy) is 2. The van der Waals surface area contributed by atoms with Crippen molar-refractivity contribution >= 4 is 11.8 Å². The van der Waals surface area contributed by atoms with Crippen LogP contribution in [0.3, 0.4) is 0 Å². The zero-order chi connectivity index (χ0) is 14.2. The smallest absolute Gasteiger partial charge is 0.412 e. The SMILES string of the molecule is CCOc1ccccc1NC(=O)OCc1ccccc1. The average Bonchev–Trinajstić information content (AvgIpc) is 2.49. The van der Waals surface area contributed by atoms with Crippen molar-refractivity contribution in [1.82, 2.24) is 0 Å². The second-order valence-corrected chi connectivity index (χ2v) is 4.12. The van der Waals surface area contributed by atoms with Gasteiger partial charge in [-0.1, -0.05) is 42.5 Å². The zero-order valence-corrected chi connectivity index (χ0v) is 11.3. The molecule has 1 amide bonds. The van der Waals surface area contributed by atoms with E-state index in [1.807, 2.05) is 49.4 Å². The number of nitrogens with one attached hydrogen (secondary N) is 1. The summed E-state index contributed by atoms with van der Waals surface area (Å²) in [6, 6.07) is 16.8. The van der Waals surface area contributed by atoms with E-state index in [1.165, 1.54) is 0 Å². The monoisotopic (exact) mass is 271 g/mol. The first-order chi connectivity index (χ1) is 9.79. The topological polar surface area (TPSA) is 47.6 Å². The Morgan fingerprint density at radius 1 is 1.05 bits per heavy atom. The molecule has 0 atom stereocenters. The predicted molar refractivity (Wildman–Crippen MR) is 77.9 cm³/mol. The van der Waals surface area contributed by atoms with Crippen LogP contribution in [-0.4, -0.2) is 12.7 Å². The molecule has 0 bridgehead atoms. The molecule has 0 unspecified atom stereocenters. The molecule has 1 N–H and O–H groups in total. The molecule has 2 aromatic carbocycles. The van der Waals surface area contributed by atoms with Crippen LogP contribution >= 0.6 is 0 Å². The molecule has 0 saturated heterocycles. The van der Waals surface area contributed by atoms with Crippen LogP contribution in [0.15, 0.2) is 54.6 Å². The lowest BCUT2D eigenvalue weighted by Gasteiger charge is -2.11. The van der Waals surface area contributed by atoms with Crippen LogP contribution in [-0.2, 0) is 11.3 Å². The van der Waals surface area contributed by atoms with Gasteiger partial charge >= 0.3 is 6.09 Å². The zero-order valence-electron chi connectivity index (χ0n) is 11.3.